The van der Waals surface area contributed by atoms with E-state index in [0.717, 1.165) is 0 Å². The Hall–Kier alpha value is -3.16. The lowest BCUT2D eigenvalue weighted by Crippen LogP contribution is -2.10. The molecule has 0 N–H and O–H groups in total. The maximum absolute atomic E-state index is 12.1. The molecular weight excluding hydrogens is 306 g/mol. The molecule has 0 saturated heterocycles. The highest BCUT2D eigenvalue weighted by molar-refractivity contribution is 5.92. The van der Waals surface area contributed by atoms with Crippen molar-refractivity contribution >= 4 is 17.6 Å². The number of carbonyl (C=O) groups excluding carboxylic acids is 2. The lowest BCUT2D eigenvalue weighted by atomic mass is 10.1. The fraction of sp³-hybridized carbons (Fsp3) is 0.200. The monoisotopic (exact) mass is 319 g/mol. The van der Waals surface area contributed by atoms with Crippen LogP contribution in [0.1, 0.15) is 32.0 Å². The summed E-state index contributed by atoms with van der Waals surface area (Å²) in [4.78, 5) is 33.9. The summed E-state index contributed by atoms with van der Waals surface area (Å²) in [5.41, 5.74) is 0.469. The number of methoxy groups -OCH3 is 1. The normalized spacial score (nSPS) is 10.2. The molecule has 0 amide bonds. The van der Waals surface area contributed by atoms with Crippen LogP contribution >= 0.6 is 0 Å². The van der Waals surface area contributed by atoms with Crippen molar-refractivity contribution in [3.63, 3.8) is 0 Å². The number of furan rings is 1. The van der Waals surface area contributed by atoms with E-state index in [9.17, 15) is 19.7 Å². The molecule has 0 bridgehead atoms. The van der Waals surface area contributed by atoms with E-state index in [1.54, 1.807) is 0 Å². The summed E-state index contributed by atoms with van der Waals surface area (Å²) < 4.78 is 14.6. The Morgan fingerprint density at radius 1 is 1.26 bits per heavy atom. The van der Waals surface area contributed by atoms with Crippen molar-refractivity contribution in [1.82, 2.24) is 0 Å². The van der Waals surface area contributed by atoms with Gasteiger partial charge in [-0.2, -0.15) is 0 Å². The molecule has 0 spiro atoms. The van der Waals surface area contributed by atoms with E-state index in [1.807, 2.05) is 0 Å². The highest BCUT2D eigenvalue weighted by Gasteiger charge is 2.21. The zero-order chi connectivity index (χ0) is 17.0. The van der Waals surface area contributed by atoms with E-state index in [0.29, 0.717) is 5.56 Å². The number of nitrogens with zero attached hydrogens (tertiary/aromatic N) is 1. The summed E-state index contributed by atoms with van der Waals surface area (Å²) in [7, 11) is 1.20. The second-order valence-corrected chi connectivity index (χ2v) is 4.55. The van der Waals surface area contributed by atoms with Crippen LogP contribution in [0.5, 0.6) is 0 Å². The molecule has 1 aromatic carbocycles. The van der Waals surface area contributed by atoms with Crippen molar-refractivity contribution in [2.75, 3.05) is 7.11 Å². The number of carbonyl (C=O) groups is 2. The van der Waals surface area contributed by atoms with Gasteiger partial charge in [-0.1, -0.05) is 6.07 Å². The first-order chi connectivity index (χ1) is 11.0. The van der Waals surface area contributed by atoms with Gasteiger partial charge in [0.2, 0.25) is 5.76 Å². The van der Waals surface area contributed by atoms with Crippen LogP contribution in [-0.4, -0.2) is 24.0 Å². The van der Waals surface area contributed by atoms with Crippen molar-refractivity contribution < 1.29 is 28.4 Å². The third-order valence-corrected chi connectivity index (χ3v) is 3.20. The second-order valence-electron chi connectivity index (χ2n) is 4.55. The third-order valence-electron chi connectivity index (χ3n) is 3.20. The van der Waals surface area contributed by atoms with Crippen molar-refractivity contribution in [2.24, 2.45) is 0 Å². The number of hydrogen-bond acceptors (Lipinski definition) is 7. The molecule has 8 heteroatoms. The van der Waals surface area contributed by atoms with Gasteiger partial charge < -0.3 is 13.9 Å². The maximum atomic E-state index is 12.1. The lowest BCUT2D eigenvalue weighted by molar-refractivity contribution is -0.385. The Balaban J connectivity index is 2.15. The van der Waals surface area contributed by atoms with Gasteiger partial charge in [0.05, 0.1) is 23.9 Å². The van der Waals surface area contributed by atoms with Gasteiger partial charge in [-0.05, 0) is 19.1 Å². The molecule has 2 rings (SSSR count). The molecule has 0 fully saturated rings. The molecule has 0 aliphatic carbocycles. The standard InChI is InChI=1S/C15H13NO7/c1-9-11(4-3-5-12(9)16(19)20)14(17)23-8-10-6-7-22-13(10)15(18)21-2/h3-7H,8H2,1-2H3. The zero-order valence-corrected chi connectivity index (χ0v) is 12.4. The first-order valence-corrected chi connectivity index (χ1v) is 6.51. The van der Waals surface area contributed by atoms with Crippen LogP contribution in [0.2, 0.25) is 0 Å². The molecule has 0 aliphatic heterocycles. The van der Waals surface area contributed by atoms with Gasteiger partial charge in [0.1, 0.15) is 6.61 Å². The molecule has 8 nitrogen and oxygen atoms in total. The fourth-order valence-corrected chi connectivity index (χ4v) is 1.98. The summed E-state index contributed by atoms with van der Waals surface area (Å²) in [6, 6.07) is 5.61. The summed E-state index contributed by atoms with van der Waals surface area (Å²) in [6.07, 6.45) is 1.27. The fourth-order valence-electron chi connectivity index (χ4n) is 1.98. The number of ether oxygens (including phenoxy) is 2. The average molecular weight is 319 g/mol. The minimum atomic E-state index is -0.733. The molecule has 0 unspecified atom stereocenters. The smallest absolute Gasteiger partial charge is 0.374 e. The minimum Gasteiger partial charge on any atom is -0.463 e. The molecule has 120 valence electrons. The van der Waals surface area contributed by atoms with E-state index in [1.165, 1.54) is 44.6 Å². The summed E-state index contributed by atoms with van der Waals surface area (Å²) in [6.45, 7) is 1.24. The first kappa shape index (κ1) is 16.2. The molecule has 23 heavy (non-hydrogen) atoms. The van der Waals surface area contributed by atoms with Gasteiger partial charge in [-0.15, -0.1) is 0 Å². The molecule has 0 radical (unpaired) electrons. The Labute approximate surface area is 130 Å². The first-order valence-electron chi connectivity index (χ1n) is 6.51. The average Bonchev–Trinajstić information content (AvgIpc) is 3.00. The number of esters is 2. The number of nitro benzene ring substituents is 1. The summed E-state index contributed by atoms with van der Waals surface area (Å²) in [5.74, 6) is -1.48. The molecule has 1 aromatic heterocycles. The van der Waals surface area contributed by atoms with Crippen LogP contribution in [0.25, 0.3) is 0 Å². The van der Waals surface area contributed by atoms with Gasteiger partial charge in [0.25, 0.3) is 5.69 Å². The van der Waals surface area contributed by atoms with E-state index in [2.05, 4.69) is 4.74 Å². The van der Waals surface area contributed by atoms with Crippen molar-refractivity contribution in [3.8, 4) is 0 Å². The number of hydrogen-bond donors (Lipinski definition) is 0. The van der Waals surface area contributed by atoms with E-state index in [4.69, 9.17) is 9.15 Å². The van der Waals surface area contributed by atoms with E-state index >= 15 is 0 Å². The number of benzene rings is 1. The van der Waals surface area contributed by atoms with Crippen LogP contribution in [0, 0.1) is 17.0 Å². The maximum Gasteiger partial charge on any atom is 0.374 e. The van der Waals surface area contributed by atoms with Gasteiger partial charge in [0.15, 0.2) is 0 Å². The predicted octanol–water partition coefficient (Wildman–Crippen LogP) is 2.64. The Bertz CT molecular complexity index is 763. The molecule has 1 heterocycles. The number of nitro groups is 1. The largest absolute Gasteiger partial charge is 0.463 e. The van der Waals surface area contributed by atoms with Crippen LogP contribution in [-0.2, 0) is 16.1 Å². The molecule has 2 aromatic rings. The molecular formula is C15H13NO7. The molecule has 0 saturated carbocycles. The topological polar surface area (TPSA) is 109 Å². The van der Waals surface area contributed by atoms with Crippen LogP contribution in [0.15, 0.2) is 34.9 Å². The molecule has 0 atom stereocenters. The quantitative estimate of drug-likeness (QED) is 0.473. The molecule has 0 aliphatic rings. The minimum absolute atomic E-state index is 0.0592. The Morgan fingerprint density at radius 3 is 2.65 bits per heavy atom. The van der Waals surface area contributed by atoms with Gasteiger partial charge in [-0.25, -0.2) is 9.59 Å². The summed E-state index contributed by atoms with van der Waals surface area (Å²) in [5, 5.41) is 10.9. The second kappa shape index (κ2) is 6.73. The Kier molecular flexibility index (Phi) is 4.75. The summed E-state index contributed by atoms with van der Waals surface area (Å²) >= 11 is 0. The SMILES string of the molecule is COC(=O)c1occc1COC(=O)c1cccc([N+](=O)[O-])c1C. The van der Waals surface area contributed by atoms with Crippen molar-refractivity contribution in [2.45, 2.75) is 13.5 Å². The number of rotatable bonds is 5. The van der Waals surface area contributed by atoms with Crippen molar-refractivity contribution in [1.29, 1.82) is 0 Å². The van der Waals surface area contributed by atoms with Crippen molar-refractivity contribution in [3.05, 3.63) is 63.1 Å². The van der Waals surface area contributed by atoms with Crippen LogP contribution < -0.4 is 0 Å². The lowest BCUT2D eigenvalue weighted by Gasteiger charge is -2.07. The zero-order valence-electron chi connectivity index (χ0n) is 12.4. The third kappa shape index (κ3) is 3.37. The highest BCUT2D eigenvalue weighted by Crippen LogP contribution is 2.22. The van der Waals surface area contributed by atoms with E-state index in [-0.39, 0.29) is 29.2 Å². The van der Waals surface area contributed by atoms with Gasteiger partial charge in [-0.3, -0.25) is 10.1 Å². The van der Waals surface area contributed by atoms with Crippen LogP contribution in [0.3, 0.4) is 0 Å². The van der Waals surface area contributed by atoms with Gasteiger partial charge in [0, 0.05) is 17.2 Å². The highest BCUT2D eigenvalue weighted by atomic mass is 16.6. The Morgan fingerprint density at radius 2 is 2.00 bits per heavy atom. The van der Waals surface area contributed by atoms with Gasteiger partial charge >= 0.3 is 11.9 Å². The van der Waals surface area contributed by atoms with E-state index < -0.39 is 16.9 Å². The van der Waals surface area contributed by atoms with Crippen LogP contribution in [0.4, 0.5) is 5.69 Å². The predicted molar refractivity (Wildman–Crippen MR) is 77.0 cm³/mol.